The molecular formula is C10H15NO2. The first-order valence-electron chi connectivity index (χ1n) is 4.64. The fraction of sp³-hybridized carbons (Fsp3) is 0.600. The Kier molecular flexibility index (Phi) is 3.68. The van der Waals surface area contributed by atoms with E-state index in [-0.39, 0.29) is 11.8 Å². The highest BCUT2D eigenvalue weighted by atomic mass is 16.2. The molecule has 1 atom stereocenters. The van der Waals surface area contributed by atoms with E-state index in [9.17, 15) is 9.59 Å². The van der Waals surface area contributed by atoms with E-state index < -0.39 is 0 Å². The Morgan fingerprint density at radius 2 is 2.23 bits per heavy atom. The lowest BCUT2D eigenvalue weighted by molar-refractivity contribution is -0.129. The van der Waals surface area contributed by atoms with Crippen LogP contribution in [0, 0.1) is 5.92 Å². The molecule has 0 heterocycles. The molecule has 72 valence electrons. The highest BCUT2D eigenvalue weighted by Crippen LogP contribution is 2.20. The maximum absolute atomic E-state index is 11.2. The summed E-state index contributed by atoms with van der Waals surface area (Å²) in [4.78, 5) is 21.7. The summed E-state index contributed by atoms with van der Waals surface area (Å²) in [5.41, 5.74) is 0. The van der Waals surface area contributed by atoms with E-state index in [4.69, 9.17) is 0 Å². The number of rotatable bonds is 2. The Bertz CT molecular complexity index is 233. The Morgan fingerprint density at radius 1 is 1.46 bits per heavy atom. The van der Waals surface area contributed by atoms with Crippen LogP contribution < -0.4 is 5.32 Å². The number of allylic oxidation sites excluding steroid dienone is 2. The molecule has 3 nitrogen and oxygen atoms in total. The molecule has 0 radical (unpaired) electrons. The monoisotopic (exact) mass is 181 g/mol. The summed E-state index contributed by atoms with van der Waals surface area (Å²) in [6.07, 6.45) is 7.80. The van der Waals surface area contributed by atoms with E-state index in [1.54, 1.807) is 0 Å². The third-order valence-electron chi connectivity index (χ3n) is 2.17. The van der Waals surface area contributed by atoms with Gasteiger partial charge in [0.15, 0.2) is 0 Å². The van der Waals surface area contributed by atoms with Crippen molar-refractivity contribution in [2.75, 3.05) is 0 Å². The van der Waals surface area contributed by atoms with Crippen LogP contribution in [0.2, 0.25) is 0 Å². The van der Waals surface area contributed by atoms with E-state index in [0.717, 1.165) is 19.3 Å². The van der Waals surface area contributed by atoms with Gasteiger partial charge in [-0.15, -0.1) is 0 Å². The predicted octanol–water partition coefficient (Wildman–Crippen LogP) is 1.40. The molecule has 0 saturated carbocycles. The SMILES string of the molecule is CC(=O)NC(=O)CC1CC=CCC1. The van der Waals surface area contributed by atoms with Crippen molar-refractivity contribution in [1.29, 1.82) is 0 Å². The molecule has 1 unspecified atom stereocenters. The standard InChI is InChI=1S/C10H15NO2/c1-8(12)11-10(13)7-9-5-3-2-4-6-9/h2-3,9H,4-7H2,1H3,(H,11,12,13). The molecule has 0 spiro atoms. The van der Waals surface area contributed by atoms with Gasteiger partial charge in [-0.3, -0.25) is 14.9 Å². The van der Waals surface area contributed by atoms with E-state index in [1.165, 1.54) is 6.92 Å². The van der Waals surface area contributed by atoms with Gasteiger partial charge in [0.05, 0.1) is 0 Å². The third kappa shape index (κ3) is 3.87. The largest absolute Gasteiger partial charge is 0.297 e. The number of hydrogen-bond donors (Lipinski definition) is 1. The summed E-state index contributed by atoms with van der Waals surface area (Å²) >= 11 is 0. The molecule has 1 N–H and O–H groups in total. The van der Waals surface area contributed by atoms with Gasteiger partial charge in [0, 0.05) is 13.3 Å². The van der Waals surface area contributed by atoms with Crippen LogP contribution in [0.5, 0.6) is 0 Å². The molecule has 0 aromatic carbocycles. The first-order chi connectivity index (χ1) is 6.18. The van der Waals surface area contributed by atoms with Crippen molar-refractivity contribution in [3.8, 4) is 0 Å². The summed E-state index contributed by atoms with van der Waals surface area (Å²) in [7, 11) is 0. The quantitative estimate of drug-likeness (QED) is 0.654. The Morgan fingerprint density at radius 3 is 2.77 bits per heavy atom. The van der Waals surface area contributed by atoms with Gasteiger partial charge in [0.1, 0.15) is 0 Å². The van der Waals surface area contributed by atoms with Crippen molar-refractivity contribution in [2.24, 2.45) is 5.92 Å². The molecule has 0 aromatic heterocycles. The second kappa shape index (κ2) is 4.80. The first-order valence-corrected chi connectivity index (χ1v) is 4.64. The minimum atomic E-state index is -0.267. The summed E-state index contributed by atoms with van der Waals surface area (Å²) in [5.74, 6) is 0.00787. The van der Waals surface area contributed by atoms with E-state index in [0.29, 0.717) is 12.3 Å². The Balaban J connectivity index is 2.27. The number of carbonyl (C=O) groups excluding carboxylic acids is 2. The average molecular weight is 181 g/mol. The molecule has 13 heavy (non-hydrogen) atoms. The predicted molar refractivity (Wildman–Crippen MR) is 49.9 cm³/mol. The molecule has 1 aliphatic carbocycles. The van der Waals surface area contributed by atoms with Crippen LogP contribution in [0.25, 0.3) is 0 Å². The normalized spacial score (nSPS) is 21.2. The van der Waals surface area contributed by atoms with Crippen molar-refractivity contribution in [2.45, 2.75) is 32.6 Å². The molecular weight excluding hydrogens is 166 g/mol. The van der Waals surface area contributed by atoms with Crippen LogP contribution in [0.4, 0.5) is 0 Å². The zero-order chi connectivity index (χ0) is 9.68. The maximum Gasteiger partial charge on any atom is 0.226 e. The van der Waals surface area contributed by atoms with E-state index in [1.807, 2.05) is 0 Å². The van der Waals surface area contributed by atoms with Gasteiger partial charge in [-0.05, 0) is 25.2 Å². The van der Waals surface area contributed by atoms with Crippen molar-refractivity contribution >= 4 is 11.8 Å². The molecule has 0 saturated heterocycles. The fourth-order valence-corrected chi connectivity index (χ4v) is 1.55. The van der Waals surface area contributed by atoms with E-state index in [2.05, 4.69) is 17.5 Å². The summed E-state index contributed by atoms with van der Waals surface area (Å²) in [5, 5.41) is 2.29. The van der Waals surface area contributed by atoms with Crippen LogP contribution in [0.15, 0.2) is 12.2 Å². The van der Waals surface area contributed by atoms with Crippen LogP contribution in [0.3, 0.4) is 0 Å². The molecule has 0 fully saturated rings. The summed E-state index contributed by atoms with van der Waals surface area (Å²) in [6, 6.07) is 0. The van der Waals surface area contributed by atoms with Gasteiger partial charge in [0.2, 0.25) is 11.8 Å². The fourth-order valence-electron chi connectivity index (χ4n) is 1.55. The van der Waals surface area contributed by atoms with Gasteiger partial charge in [0.25, 0.3) is 0 Å². The van der Waals surface area contributed by atoms with Gasteiger partial charge >= 0.3 is 0 Å². The zero-order valence-corrected chi connectivity index (χ0v) is 7.88. The highest BCUT2D eigenvalue weighted by Gasteiger charge is 2.14. The van der Waals surface area contributed by atoms with Crippen molar-refractivity contribution < 1.29 is 9.59 Å². The number of hydrogen-bond acceptors (Lipinski definition) is 2. The molecule has 1 rings (SSSR count). The number of amides is 2. The lowest BCUT2D eigenvalue weighted by Gasteiger charge is -2.16. The molecule has 0 bridgehead atoms. The van der Waals surface area contributed by atoms with Gasteiger partial charge in [-0.25, -0.2) is 0 Å². The van der Waals surface area contributed by atoms with Crippen molar-refractivity contribution in [3.05, 3.63) is 12.2 Å². The molecule has 0 aliphatic heterocycles. The summed E-state index contributed by atoms with van der Waals surface area (Å²) < 4.78 is 0. The van der Waals surface area contributed by atoms with Crippen LogP contribution >= 0.6 is 0 Å². The second-order valence-electron chi connectivity index (χ2n) is 3.46. The lowest BCUT2D eigenvalue weighted by Crippen LogP contribution is -2.29. The van der Waals surface area contributed by atoms with Crippen LogP contribution in [-0.4, -0.2) is 11.8 Å². The van der Waals surface area contributed by atoms with Gasteiger partial charge in [-0.2, -0.15) is 0 Å². The minimum Gasteiger partial charge on any atom is -0.297 e. The lowest BCUT2D eigenvalue weighted by atomic mass is 9.91. The second-order valence-corrected chi connectivity index (χ2v) is 3.46. The van der Waals surface area contributed by atoms with Crippen LogP contribution in [0.1, 0.15) is 32.6 Å². The minimum absolute atomic E-state index is 0.146. The van der Waals surface area contributed by atoms with Crippen molar-refractivity contribution in [1.82, 2.24) is 5.32 Å². The number of nitrogens with one attached hydrogen (secondary N) is 1. The van der Waals surface area contributed by atoms with Gasteiger partial charge in [-0.1, -0.05) is 12.2 Å². The molecule has 0 aromatic rings. The van der Waals surface area contributed by atoms with Crippen LogP contribution in [-0.2, 0) is 9.59 Å². The number of imide groups is 1. The molecule has 2 amide bonds. The zero-order valence-electron chi connectivity index (χ0n) is 7.88. The van der Waals surface area contributed by atoms with Gasteiger partial charge < -0.3 is 0 Å². The number of carbonyl (C=O) groups is 2. The summed E-state index contributed by atoms with van der Waals surface area (Å²) in [6.45, 7) is 1.36. The van der Waals surface area contributed by atoms with E-state index >= 15 is 0 Å². The molecule has 3 heteroatoms. The topological polar surface area (TPSA) is 46.2 Å². The third-order valence-corrected chi connectivity index (χ3v) is 2.17. The smallest absolute Gasteiger partial charge is 0.226 e. The maximum atomic E-state index is 11.2. The first kappa shape index (κ1) is 9.96. The average Bonchev–Trinajstić information content (AvgIpc) is 2.04. The molecule has 1 aliphatic rings. The Labute approximate surface area is 78.2 Å². The highest BCUT2D eigenvalue weighted by molar-refractivity contribution is 5.93. The van der Waals surface area contributed by atoms with Crippen molar-refractivity contribution in [3.63, 3.8) is 0 Å². The Hall–Kier alpha value is -1.12.